The van der Waals surface area contributed by atoms with Gasteiger partial charge in [-0.05, 0) is 118 Å². The van der Waals surface area contributed by atoms with E-state index in [1.54, 1.807) is 18.7 Å². The van der Waals surface area contributed by atoms with Crippen LogP contribution in [0.2, 0.25) is 0 Å². The average Bonchev–Trinajstić information content (AvgIpc) is 3.73. The maximum Gasteiger partial charge on any atom is 0.321 e. The summed E-state index contributed by atoms with van der Waals surface area (Å²) < 4.78 is 15.6. The Kier molecular flexibility index (Phi) is 11.0. The van der Waals surface area contributed by atoms with E-state index in [1.807, 2.05) is 40.0 Å². The fourth-order valence-electron chi connectivity index (χ4n) is 10.0. The van der Waals surface area contributed by atoms with Crippen LogP contribution >= 0.6 is 0 Å². The zero-order valence-electron chi connectivity index (χ0n) is 35.1. The Morgan fingerprint density at radius 2 is 1.31 bits per heavy atom. The summed E-state index contributed by atoms with van der Waals surface area (Å²) in [6, 6.07) is 16.6. The Labute approximate surface area is 340 Å². The number of methoxy groups -OCH3 is 1. The molecule has 0 spiro atoms. The van der Waals surface area contributed by atoms with Gasteiger partial charge < -0.3 is 19.0 Å². The number of rotatable bonds is 11. The van der Waals surface area contributed by atoms with Gasteiger partial charge in [0.05, 0.1) is 11.8 Å². The number of H-pyrrole nitrogens is 1. The molecule has 2 atom stereocenters. The molecule has 2 aliphatic carbocycles. The van der Waals surface area contributed by atoms with Crippen LogP contribution in [0.5, 0.6) is 0 Å². The van der Waals surface area contributed by atoms with Crippen molar-refractivity contribution in [2.45, 2.75) is 110 Å². The molecule has 4 heterocycles. The summed E-state index contributed by atoms with van der Waals surface area (Å²) in [5.74, 6) is -3.18. The predicted octanol–water partition coefficient (Wildman–Crippen LogP) is 9.54. The van der Waals surface area contributed by atoms with E-state index in [-0.39, 0.29) is 12.2 Å². The van der Waals surface area contributed by atoms with Gasteiger partial charge in [-0.3, -0.25) is 19.0 Å². The van der Waals surface area contributed by atoms with Gasteiger partial charge in [0.25, 0.3) is 5.56 Å². The van der Waals surface area contributed by atoms with E-state index in [9.17, 15) is 14.4 Å². The van der Waals surface area contributed by atoms with Crippen LogP contribution in [0.4, 0.5) is 0 Å². The summed E-state index contributed by atoms with van der Waals surface area (Å²) >= 11 is 0. The Hall–Kier alpha value is -5.28. The van der Waals surface area contributed by atoms with E-state index in [1.165, 1.54) is 22.5 Å². The largest absolute Gasteiger partial charge is 0.392 e. The summed E-state index contributed by atoms with van der Waals surface area (Å²) in [5, 5.41) is 2.05. The number of ether oxygens (including phenoxy) is 2. The highest BCUT2D eigenvalue weighted by Gasteiger charge is 2.37. The van der Waals surface area contributed by atoms with Crippen molar-refractivity contribution in [2.75, 3.05) is 13.7 Å². The van der Waals surface area contributed by atoms with Gasteiger partial charge in [0.1, 0.15) is 11.3 Å². The molecule has 0 radical (unpaired) electrons. The second-order valence-corrected chi connectivity index (χ2v) is 16.7. The number of aromatic nitrogens is 4. The quantitative estimate of drug-likeness (QED) is 0.104. The number of nitrogens with zero attached hydrogens (tertiary/aromatic N) is 3. The summed E-state index contributed by atoms with van der Waals surface area (Å²) in [4.78, 5) is 53.3. The van der Waals surface area contributed by atoms with E-state index in [0.29, 0.717) is 30.5 Å². The molecule has 1 N–H and O–H groups in total. The minimum absolute atomic E-state index is 0.246. The van der Waals surface area contributed by atoms with Gasteiger partial charge in [-0.15, -0.1) is 0 Å². The summed E-state index contributed by atoms with van der Waals surface area (Å²) in [7, 11) is 5.46. The molecular weight excluding hydrogens is 725 g/mol. The monoisotopic (exact) mass is 780 g/mol. The number of nitrogens with one attached hydrogen (secondary N) is 1. The maximum absolute atomic E-state index is 14.9. The van der Waals surface area contributed by atoms with Gasteiger partial charge in [-0.1, -0.05) is 73.0 Å². The van der Waals surface area contributed by atoms with Gasteiger partial charge in [-0.2, -0.15) is 0 Å². The molecule has 9 heteroatoms. The molecule has 0 aliphatic heterocycles. The smallest absolute Gasteiger partial charge is 0.321 e. The SMILES string of the molecule is CCCC(C(=O)OC(=O)C(CCOC)c1c(C)nc2[nH]c3c(c2c1-c1ccc(C)cc1)CCCC3)c1c(-c2ccc(C)cc2)c2c3c(n(C)c2n(C)c1=O)CCCC3. The van der Waals surface area contributed by atoms with Crippen LogP contribution in [-0.2, 0) is 58.8 Å². The van der Waals surface area contributed by atoms with Crippen molar-refractivity contribution in [3.8, 4) is 22.3 Å². The van der Waals surface area contributed by atoms with Crippen molar-refractivity contribution in [2.24, 2.45) is 14.1 Å². The van der Waals surface area contributed by atoms with Gasteiger partial charge >= 0.3 is 11.9 Å². The van der Waals surface area contributed by atoms with E-state index < -0.39 is 23.8 Å². The van der Waals surface area contributed by atoms with Crippen molar-refractivity contribution >= 4 is 34.0 Å². The summed E-state index contributed by atoms with van der Waals surface area (Å²) in [5.41, 5.74) is 14.0. The molecule has 6 aromatic rings. The first-order valence-electron chi connectivity index (χ1n) is 21.2. The van der Waals surface area contributed by atoms with E-state index in [0.717, 1.165) is 112 Å². The third kappa shape index (κ3) is 6.81. The molecule has 2 unspecified atom stereocenters. The molecule has 0 amide bonds. The number of hydrogen-bond acceptors (Lipinski definition) is 6. The maximum atomic E-state index is 14.9. The topological polar surface area (TPSA) is 108 Å². The van der Waals surface area contributed by atoms with Gasteiger partial charge in [0.15, 0.2) is 0 Å². The number of carbonyl (C=O) groups excluding carboxylic acids is 2. The number of benzene rings is 2. The number of hydrogen-bond donors (Lipinski definition) is 1. The number of pyridine rings is 2. The summed E-state index contributed by atoms with van der Waals surface area (Å²) in [6.07, 6.45) is 9.32. The molecule has 0 bridgehead atoms. The molecule has 0 saturated carbocycles. The molecular formula is C49H56N4O5. The van der Waals surface area contributed by atoms with E-state index in [4.69, 9.17) is 14.5 Å². The van der Waals surface area contributed by atoms with Crippen molar-refractivity contribution in [1.82, 2.24) is 19.1 Å². The molecule has 9 nitrogen and oxygen atoms in total. The first-order chi connectivity index (χ1) is 28.0. The average molecular weight is 781 g/mol. The van der Waals surface area contributed by atoms with Gasteiger partial charge in [0.2, 0.25) is 0 Å². The van der Waals surface area contributed by atoms with Crippen molar-refractivity contribution in [3.63, 3.8) is 0 Å². The number of aryl methyl sites for hydroxylation is 8. The first-order valence-corrected chi connectivity index (χ1v) is 21.2. The number of carbonyl (C=O) groups is 2. The second kappa shape index (κ2) is 16.2. The number of fused-ring (bicyclic) bond motifs is 6. The number of aromatic amines is 1. The predicted molar refractivity (Wildman–Crippen MR) is 231 cm³/mol. The van der Waals surface area contributed by atoms with E-state index in [2.05, 4.69) is 52.9 Å². The molecule has 0 saturated heterocycles. The minimum Gasteiger partial charge on any atom is -0.392 e. The van der Waals surface area contributed by atoms with Crippen molar-refractivity contribution in [1.29, 1.82) is 0 Å². The summed E-state index contributed by atoms with van der Waals surface area (Å²) in [6.45, 7) is 8.32. The fourth-order valence-corrected chi connectivity index (χ4v) is 10.0. The van der Waals surface area contributed by atoms with Crippen LogP contribution in [0.25, 0.3) is 44.3 Å². The standard InChI is InChI=1S/C49H56N4O5/c1-8-13-35(44-41(32-24-20-29(3)21-25-32)43-34-15-10-12-17-38(34)52(5)46(43)53(6)47(44)54)48(55)58-49(56)36(26-27-57-7)39-30(4)50-45-42(33-14-9-11-16-37(33)51-45)40(39)31-22-18-28(2)19-23-31/h18-25,35-36H,8-17,26-27H2,1-7H3,(H,50,51). The van der Waals surface area contributed by atoms with Crippen LogP contribution in [0, 0.1) is 20.8 Å². The van der Waals surface area contributed by atoms with Crippen LogP contribution in [0.15, 0.2) is 53.3 Å². The lowest BCUT2D eigenvalue weighted by atomic mass is 9.83. The highest BCUT2D eigenvalue weighted by molar-refractivity contribution is 6.04. The lowest BCUT2D eigenvalue weighted by Gasteiger charge is -2.24. The zero-order chi connectivity index (χ0) is 40.8. The van der Waals surface area contributed by atoms with E-state index >= 15 is 0 Å². The second-order valence-electron chi connectivity index (χ2n) is 16.7. The van der Waals surface area contributed by atoms with Gasteiger partial charge in [-0.25, -0.2) is 4.98 Å². The Morgan fingerprint density at radius 1 is 0.741 bits per heavy atom. The third-order valence-electron chi connectivity index (χ3n) is 12.9. The lowest BCUT2D eigenvalue weighted by Crippen LogP contribution is -2.32. The first kappa shape index (κ1) is 39.5. The zero-order valence-corrected chi connectivity index (χ0v) is 35.1. The highest BCUT2D eigenvalue weighted by Crippen LogP contribution is 2.44. The molecule has 8 rings (SSSR count). The molecule has 0 fully saturated rings. The van der Waals surface area contributed by atoms with Crippen LogP contribution < -0.4 is 5.56 Å². The van der Waals surface area contributed by atoms with Crippen LogP contribution in [0.1, 0.15) is 114 Å². The van der Waals surface area contributed by atoms with Crippen LogP contribution in [0.3, 0.4) is 0 Å². The number of esters is 2. The molecule has 302 valence electrons. The Morgan fingerprint density at radius 3 is 1.93 bits per heavy atom. The normalized spacial score (nSPS) is 15.0. The van der Waals surface area contributed by atoms with Crippen LogP contribution in [-0.4, -0.2) is 44.8 Å². The molecule has 2 aromatic carbocycles. The third-order valence-corrected chi connectivity index (χ3v) is 12.9. The molecule has 2 aliphatic rings. The van der Waals surface area contributed by atoms with Crippen molar-refractivity contribution in [3.05, 3.63) is 109 Å². The fraction of sp³-hybridized carbons (Fsp3) is 0.429. The lowest BCUT2D eigenvalue weighted by molar-refractivity contribution is -0.162. The molecule has 4 aromatic heterocycles. The molecule has 58 heavy (non-hydrogen) atoms. The Balaban J connectivity index is 1.28. The minimum atomic E-state index is -0.967. The van der Waals surface area contributed by atoms with Gasteiger partial charge in [0, 0.05) is 66.8 Å². The highest BCUT2D eigenvalue weighted by atomic mass is 16.6. The van der Waals surface area contributed by atoms with Crippen molar-refractivity contribution < 1.29 is 19.1 Å². The Bertz CT molecular complexity index is 2610.